The minimum absolute atomic E-state index is 0.377. The molecule has 0 atom stereocenters. The molecular formula is C5H4N3O2+. The smallest absolute Gasteiger partial charge is 0.392 e. The van der Waals surface area contributed by atoms with E-state index in [-0.39, 0.29) is 0 Å². The molecule has 0 amide bonds. The molecule has 0 fully saturated rings. The molecule has 0 aliphatic carbocycles. The summed E-state index contributed by atoms with van der Waals surface area (Å²) in [7, 11) is 0. The summed E-state index contributed by atoms with van der Waals surface area (Å²) in [6.07, 6.45) is 5.82. The van der Waals surface area contributed by atoms with E-state index in [4.69, 9.17) is 4.42 Å². The van der Waals surface area contributed by atoms with E-state index in [1.54, 1.807) is 10.8 Å². The van der Waals surface area contributed by atoms with Crippen molar-refractivity contribution in [3.63, 3.8) is 0 Å². The molecular weight excluding hydrogens is 134 g/mol. The maximum absolute atomic E-state index is 10.7. The molecule has 2 aliphatic heterocycles. The van der Waals surface area contributed by atoms with E-state index in [0.717, 1.165) is 0 Å². The number of hydrogen-bond donors (Lipinski definition) is 0. The summed E-state index contributed by atoms with van der Waals surface area (Å²) in [4.78, 5) is 10.7. The van der Waals surface area contributed by atoms with Crippen LogP contribution in [-0.4, -0.2) is 9.67 Å². The third-order valence-corrected chi connectivity index (χ3v) is 1.21. The van der Waals surface area contributed by atoms with Gasteiger partial charge in [0.25, 0.3) is 0 Å². The van der Waals surface area contributed by atoms with Crippen molar-refractivity contribution in [2.75, 3.05) is 0 Å². The van der Waals surface area contributed by atoms with Gasteiger partial charge in [-0.2, -0.15) is 4.57 Å². The third-order valence-electron chi connectivity index (χ3n) is 1.21. The summed E-state index contributed by atoms with van der Waals surface area (Å²) < 4.78 is 6.80. The number of hydrogen-bond acceptors (Lipinski definition) is 3. The maximum atomic E-state index is 10.7. The molecule has 2 rings (SSSR count). The van der Waals surface area contributed by atoms with Gasteiger partial charge < -0.3 is 4.42 Å². The van der Waals surface area contributed by atoms with Crippen molar-refractivity contribution in [1.82, 2.24) is 9.67 Å². The van der Waals surface area contributed by atoms with Crippen molar-refractivity contribution in [2.24, 2.45) is 0 Å². The van der Waals surface area contributed by atoms with Crippen LogP contribution in [0.25, 0.3) is 5.82 Å². The molecule has 10 heavy (non-hydrogen) atoms. The number of nitrogens with zero attached hydrogens (tertiary/aromatic N) is 3. The van der Waals surface area contributed by atoms with Crippen molar-refractivity contribution in [2.45, 2.75) is 0 Å². The van der Waals surface area contributed by atoms with Crippen LogP contribution in [0, 0.1) is 4.91 Å². The van der Waals surface area contributed by atoms with Gasteiger partial charge in [-0.15, -0.1) is 0 Å². The van der Waals surface area contributed by atoms with Crippen LogP contribution in [0.3, 0.4) is 0 Å². The molecule has 0 spiro atoms. The van der Waals surface area contributed by atoms with Gasteiger partial charge in [0, 0.05) is 0 Å². The quantitative estimate of drug-likeness (QED) is 0.474. The van der Waals surface area contributed by atoms with Gasteiger partial charge in [0.15, 0.2) is 6.26 Å². The zero-order chi connectivity index (χ0) is 6.97. The fourth-order valence-corrected chi connectivity index (χ4v) is 0.741. The molecule has 2 heterocycles. The Morgan fingerprint density at radius 2 is 2.60 bits per heavy atom. The summed E-state index contributed by atoms with van der Waals surface area (Å²) in [6.45, 7) is 0. The fourth-order valence-electron chi connectivity index (χ4n) is 0.741. The molecule has 0 aromatic heterocycles. The largest absolute Gasteiger partial charge is 0.460 e. The van der Waals surface area contributed by atoms with Gasteiger partial charge in [0.1, 0.15) is 17.0 Å². The summed E-state index contributed by atoms with van der Waals surface area (Å²) in [5, 5.41) is 3.46. The minimum Gasteiger partial charge on any atom is -0.460 e. The highest BCUT2D eigenvalue weighted by molar-refractivity contribution is 5.07. The van der Waals surface area contributed by atoms with Crippen LogP contribution in [0.4, 0.5) is 0 Å². The van der Waals surface area contributed by atoms with E-state index < -0.39 is 0 Å². The first kappa shape index (κ1) is 5.16. The van der Waals surface area contributed by atoms with Gasteiger partial charge in [-0.1, -0.05) is 0 Å². The fraction of sp³-hybridized carbons (Fsp3) is 0. The first-order valence-electron chi connectivity index (χ1n) is 2.70. The molecule has 0 saturated heterocycles. The monoisotopic (exact) mass is 138 g/mol. The molecule has 5 nitrogen and oxygen atoms in total. The third kappa shape index (κ3) is 0.540. The van der Waals surface area contributed by atoms with Crippen LogP contribution in [0.5, 0.6) is 0 Å². The second-order valence-corrected chi connectivity index (χ2v) is 1.81. The van der Waals surface area contributed by atoms with Crippen LogP contribution in [-0.2, 0) is 0 Å². The lowest BCUT2D eigenvalue weighted by Crippen LogP contribution is -2.17. The predicted octanol–water partition coefficient (Wildman–Crippen LogP) is -0.182. The highest BCUT2D eigenvalue weighted by atomic mass is 16.3. The lowest BCUT2D eigenvalue weighted by Gasteiger charge is -1.84. The molecule has 0 bridgehead atoms. The van der Waals surface area contributed by atoms with Crippen LogP contribution in [0.2, 0.25) is 0 Å². The van der Waals surface area contributed by atoms with Crippen molar-refractivity contribution in [3.05, 3.63) is 30.0 Å². The molecule has 0 aromatic rings. The van der Waals surface area contributed by atoms with Crippen molar-refractivity contribution >= 4 is 0 Å². The van der Waals surface area contributed by atoms with Gasteiger partial charge >= 0.3 is 5.82 Å². The summed E-state index contributed by atoms with van der Waals surface area (Å²) >= 11 is 0. The van der Waals surface area contributed by atoms with E-state index in [1.807, 2.05) is 0 Å². The Kier molecular flexibility index (Phi) is 0.858. The predicted molar refractivity (Wildman–Crippen MR) is 30.4 cm³/mol. The lowest BCUT2D eigenvalue weighted by molar-refractivity contribution is -0.551. The van der Waals surface area contributed by atoms with Crippen LogP contribution >= 0.6 is 0 Å². The molecule has 5 heteroatoms. The van der Waals surface area contributed by atoms with Gasteiger partial charge in [0.05, 0.1) is 0 Å². The van der Waals surface area contributed by atoms with E-state index in [1.165, 1.54) is 18.9 Å². The Bertz CT molecular complexity index is 363. The van der Waals surface area contributed by atoms with E-state index >= 15 is 0 Å². The SMILES string of the molecule is O=[n+]1ncn2ccocc1-2. The second kappa shape index (κ2) is 1.66. The first-order valence-corrected chi connectivity index (χ1v) is 2.70. The van der Waals surface area contributed by atoms with Crippen LogP contribution in [0.1, 0.15) is 0 Å². The summed E-state index contributed by atoms with van der Waals surface area (Å²) in [6, 6.07) is 0. The summed E-state index contributed by atoms with van der Waals surface area (Å²) in [5.74, 6) is 0.377. The van der Waals surface area contributed by atoms with E-state index in [0.29, 0.717) is 10.4 Å². The second-order valence-electron chi connectivity index (χ2n) is 1.81. The van der Waals surface area contributed by atoms with Gasteiger partial charge in [0.2, 0.25) is 6.33 Å². The Morgan fingerprint density at radius 3 is 3.40 bits per heavy atom. The lowest BCUT2D eigenvalue weighted by atomic mass is 10.7. The topological polar surface area (TPSA) is 53.9 Å². The van der Waals surface area contributed by atoms with Crippen molar-refractivity contribution in [1.29, 1.82) is 0 Å². The van der Waals surface area contributed by atoms with E-state index in [2.05, 4.69) is 5.10 Å². The zero-order valence-corrected chi connectivity index (χ0v) is 4.97. The molecule has 0 aromatic carbocycles. The Hall–Kier alpha value is -1.65. The van der Waals surface area contributed by atoms with Crippen molar-refractivity contribution in [3.8, 4) is 5.82 Å². The summed E-state index contributed by atoms with van der Waals surface area (Å²) in [5.41, 5.74) is 0. The Labute approximate surface area is 55.5 Å². The van der Waals surface area contributed by atoms with Gasteiger partial charge in [-0.25, -0.2) is 0 Å². The molecule has 0 unspecified atom stereocenters. The highest BCUT2D eigenvalue weighted by Gasteiger charge is 2.14. The Balaban J connectivity index is 2.91. The van der Waals surface area contributed by atoms with E-state index in [9.17, 15) is 4.91 Å². The van der Waals surface area contributed by atoms with Crippen LogP contribution in [0.15, 0.2) is 29.5 Å². The molecule has 0 N–H and O–H groups in total. The first-order chi connectivity index (χ1) is 4.88. The Morgan fingerprint density at radius 1 is 1.70 bits per heavy atom. The number of fused-ring (bicyclic) bond motifs is 1. The minimum atomic E-state index is 0.377. The maximum Gasteiger partial charge on any atom is 0.392 e. The number of aromatic nitrogens is 3. The standard InChI is InChI=1S/C5H4N3O2/c9-8-5-3-10-2-1-7(5)4-6-8/h1-4H/q+1. The normalized spacial score (nSPS) is 10.4. The zero-order valence-electron chi connectivity index (χ0n) is 4.97. The average molecular weight is 138 g/mol. The van der Waals surface area contributed by atoms with Crippen molar-refractivity contribution < 1.29 is 8.96 Å². The van der Waals surface area contributed by atoms with Gasteiger partial charge in [-0.05, 0) is 10.0 Å². The molecule has 0 saturated carbocycles. The van der Waals surface area contributed by atoms with Gasteiger partial charge in [-0.3, -0.25) is 0 Å². The molecule has 2 aliphatic rings. The molecule has 50 valence electrons. The van der Waals surface area contributed by atoms with Crippen LogP contribution < -0.4 is 4.54 Å². The molecule has 0 radical (unpaired) electrons. The number of rotatable bonds is 0. The highest BCUT2D eigenvalue weighted by Crippen LogP contribution is 1.98. The average Bonchev–Trinajstić information content (AvgIpc) is 2.34.